The highest BCUT2D eigenvalue weighted by atomic mass is 32.2. The van der Waals surface area contributed by atoms with E-state index < -0.39 is 16.1 Å². The van der Waals surface area contributed by atoms with E-state index in [4.69, 9.17) is 0 Å². The molecule has 0 spiro atoms. The number of hydrogen-bond acceptors (Lipinski definition) is 4. The number of anilines is 1. The first-order valence-corrected chi connectivity index (χ1v) is 15.2. The lowest BCUT2D eigenvalue weighted by Gasteiger charge is -2.32. The van der Waals surface area contributed by atoms with Crippen LogP contribution >= 0.6 is 0 Å². The molecule has 3 aromatic rings. The van der Waals surface area contributed by atoms with Crippen LogP contribution in [0.25, 0.3) is 0 Å². The Balaban J connectivity index is 1.87. The van der Waals surface area contributed by atoms with Gasteiger partial charge in [-0.05, 0) is 48.6 Å². The highest BCUT2D eigenvalue weighted by Crippen LogP contribution is 2.20. The molecule has 7 nitrogen and oxygen atoms in total. The van der Waals surface area contributed by atoms with E-state index in [0.717, 1.165) is 23.1 Å². The average Bonchev–Trinajstić information content (AvgIpc) is 2.92. The average molecular weight is 550 g/mol. The molecule has 208 valence electrons. The minimum atomic E-state index is -3.53. The quantitative estimate of drug-likeness (QED) is 0.316. The molecular weight excluding hydrogens is 510 g/mol. The minimum absolute atomic E-state index is 0.108. The number of rotatable bonds is 14. The monoisotopic (exact) mass is 549 g/mol. The molecule has 0 aliphatic rings. The molecule has 2 amide bonds. The van der Waals surface area contributed by atoms with Crippen molar-refractivity contribution in [2.75, 3.05) is 23.7 Å². The van der Waals surface area contributed by atoms with Crippen LogP contribution in [-0.4, -0.2) is 50.5 Å². The summed E-state index contributed by atoms with van der Waals surface area (Å²) in [6.07, 6.45) is 2.76. The van der Waals surface area contributed by atoms with Crippen molar-refractivity contribution in [2.24, 2.45) is 0 Å². The van der Waals surface area contributed by atoms with Crippen LogP contribution in [0.15, 0.2) is 84.9 Å². The summed E-state index contributed by atoms with van der Waals surface area (Å²) in [5, 5.41) is 2.98. The van der Waals surface area contributed by atoms with E-state index >= 15 is 0 Å². The van der Waals surface area contributed by atoms with E-state index in [9.17, 15) is 18.0 Å². The lowest BCUT2D eigenvalue weighted by atomic mass is 10.0. The highest BCUT2D eigenvalue weighted by Gasteiger charge is 2.30. The third kappa shape index (κ3) is 8.96. The van der Waals surface area contributed by atoms with Gasteiger partial charge in [0.2, 0.25) is 21.8 Å². The predicted molar refractivity (Wildman–Crippen MR) is 157 cm³/mol. The van der Waals surface area contributed by atoms with Crippen molar-refractivity contribution in [3.8, 4) is 0 Å². The molecule has 1 atom stereocenters. The third-order valence-corrected chi connectivity index (χ3v) is 7.81. The first kappa shape index (κ1) is 29.9. The minimum Gasteiger partial charge on any atom is -0.354 e. The summed E-state index contributed by atoms with van der Waals surface area (Å²) in [7, 11) is -3.53. The van der Waals surface area contributed by atoms with Crippen LogP contribution in [-0.2, 0) is 32.6 Å². The smallest absolute Gasteiger partial charge is 0.243 e. The van der Waals surface area contributed by atoms with Gasteiger partial charge >= 0.3 is 0 Å². The molecule has 39 heavy (non-hydrogen) atoms. The molecule has 0 bridgehead atoms. The standard InChI is InChI=1S/C31H39N3O4S/c1-4-21-32-31(36)29(23-26-15-7-5-8-16-26)33(24-27-17-12-11-14-25(27)2)30(35)20-13-22-34(39(3,37)38)28-18-9-6-10-19-28/h5-12,14-19,29H,4,13,20-24H2,1-3H3,(H,32,36)/t29-/m0/s1. The van der Waals surface area contributed by atoms with Gasteiger partial charge in [0.05, 0.1) is 11.9 Å². The molecule has 0 aromatic heterocycles. The Morgan fingerprint density at radius 2 is 1.51 bits per heavy atom. The van der Waals surface area contributed by atoms with Crippen LogP contribution in [0.5, 0.6) is 0 Å². The van der Waals surface area contributed by atoms with Crippen LogP contribution in [0, 0.1) is 6.92 Å². The Hall–Kier alpha value is -3.65. The van der Waals surface area contributed by atoms with Gasteiger partial charge in [0.25, 0.3) is 0 Å². The summed E-state index contributed by atoms with van der Waals surface area (Å²) in [5.74, 6) is -0.378. The number of benzene rings is 3. The summed E-state index contributed by atoms with van der Waals surface area (Å²) < 4.78 is 26.3. The largest absolute Gasteiger partial charge is 0.354 e. The SMILES string of the molecule is CCCNC(=O)[C@H](Cc1ccccc1)N(Cc1ccccc1C)C(=O)CCCN(c1ccccc1)S(C)(=O)=O. The van der Waals surface area contributed by atoms with Gasteiger partial charge in [-0.1, -0.05) is 79.7 Å². The Morgan fingerprint density at radius 1 is 0.897 bits per heavy atom. The van der Waals surface area contributed by atoms with Crippen LogP contribution in [0.1, 0.15) is 42.9 Å². The number of para-hydroxylation sites is 1. The molecule has 3 aromatic carbocycles. The molecule has 0 aliphatic carbocycles. The fourth-order valence-corrected chi connectivity index (χ4v) is 5.45. The summed E-state index contributed by atoms with van der Waals surface area (Å²) in [4.78, 5) is 28.9. The maximum atomic E-state index is 13.8. The Morgan fingerprint density at radius 3 is 2.13 bits per heavy atom. The van der Waals surface area contributed by atoms with Crippen LogP contribution in [0.3, 0.4) is 0 Å². The fourth-order valence-electron chi connectivity index (χ4n) is 4.49. The third-order valence-electron chi connectivity index (χ3n) is 6.62. The summed E-state index contributed by atoms with van der Waals surface area (Å²) in [6, 6.07) is 25.7. The number of carbonyl (C=O) groups is 2. The van der Waals surface area contributed by atoms with Gasteiger partial charge < -0.3 is 10.2 Å². The molecule has 0 radical (unpaired) electrons. The zero-order chi connectivity index (χ0) is 28.3. The van der Waals surface area contributed by atoms with Gasteiger partial charge in [-0.15, -0.1) is 0 Å². The van der Waals surface area contributed by atoms with Crippen molar-refractivity contribution in [3.63, 3.8) is 0 Å². The lowest BCUT2D eigenvalue weighted by Crippen LogP contribution is -2.50. The first-order chi connectivity index (χ1) is 18.7. The Kier molecular flexibility index (Phi) is 11.1. The van der Waals surface area contributed by atoms with E-state index in [1.807, 2.05) is 74.5 Å². The van der Waals surface area contributed by atoms with Gasteiger partial charge in [0, 0.05) is 32.5 Å². The van der Waals surface area contributed by atoms with E-state index in [1.54, 1.807) is 29.2 Å². The second-order valence-corrected chi connectivity index (χ2v) is 11.6. The van der Waals surface area contributed by atoms with Crippen LogP contribution in [0.4, 0.5) is 5.69 Å². The van der Waals surface area contributed by atoms with Crippen molar-refractivity contribution in [1.82, 2.24) is 10.2 Å². The number of amides is 2. The summed E-state index contributed by atoms with van der Waals surface area (Å²) >= 11 is 0. The van der Waals surface area contributed by atoms with Gasteiger partial charge in [-0.3, -0.25) is 13.9 Å². The number of carbonyl (C=O) groups excluding carboxylic acids is 2. The zero-order valence-electron chi connectivity index (χ0n) is 23.0. The van der Waals surface area contributed by atoms with Gasteiger partial charge in [-0.25, -0.2) is 8.42 Å². The molecule has 8 heteroatoms. The van der Waals surface area contributed by atoms with E-state index in [0.29, 0.717) is 25.1 Å². The van der Waals surface area contributed by atoms with E-state index in [1.165, 1.54) is 10.6 Å². The maximum Gasteiger partial charge on any atom is 0.243 e. The lowest BCUT2D eigenvalue weighted by molar-refractivity contribution is -0.141. The fraction of sp³-hybridized carbons (Fsp3) is 0.355. The number of sulfonamides is 1. The van der Waals surface area contributed by atoms with E-state index in [2.05, 4.69) is 5.32 Å². The molecule has 0 heterocycles. The Bertz CT molecular complexity index is 1310. The highest BCUT2D eigenvalue weighted by molar-refractivity contribution is 7.92. The van der Waals surface area contributed by atoms with Gasteiger partial charge in [0.15, 0.2) is 0 Å². The van der Waals surface area contributed by atoms with Gasteiger partial charge in [0.1, 0.15) is 6.04 Å². The number of hydrogen-bond donors (Lipinski definition) is 1. The van der Waals surface area contributed by atoms with Crippen molar-refractivity contribution in [3.05, 3.63) is 102 Å². The second-order valence-electron chi connectivity index (χ2n) is 9.72. The van der Waals surface area contributed by atoms with Crippen molar-refractivity contribution in [2.45, 2.75) is 52.1 Å². The maximum absolute atomic E-state index is 13.8. The van der Waals surface area contributed by atoms with Crippen molar-refractivity contribution < 1.29 is 18.0 Å². The molecule has 3 rings (SSSR count). The van der Waals surface area contributed by atoms with Crippen molar-refractivity contribution in [1.29, 1.82) is 0 Å². The van der Waals surface area contributed by atoms with Crippen molar-refractivity contribution >= 4 is 27.5 Å². The van der Waals surface area contributed by atoms with Gasteiger partial charge in [-0.2, -0.15) is 0 Å². The molecule has 0 unspecified atom stereocenters. The molecular formula is C31H39N3O4S. The number of nitrogens with zero attached hydrogens (tertiary/aromatic N) is 2. The normalized spacial score (nSPS) is 12.0. The molecule has 0 aliphatic heterocycles. The van der Waals surface area contributed by atoms with Crippen LogP contribution < -0.4 is 9.62 Å². The summed E-state index contributed by atoms with van der Waals surface area (Å²) in [5.41, 5.74) is 3.53. The number of aryl methyl sites for hydroxylation is 1. The summed E-state index contributed by atoms with van der Waals surface area (Å²) in [6.45, 7) is 4.96. The first-order valence-electron chi connectivity index (χ1n) is 13.4. The molecule has 0 saturated heterocycles. The topological polar surface area (TPSA) is 86.8 Å². The Labute approximate surface area is 232 Å². The molecule has 0 fully saturated rings. The second kappa shape index (κ2) is 14.5. The molecule has 0 saturated carbocycles. The zero-order valence-corrected chi connectivity index (χ0v) is 23.9. The number of nitrogens with one attached hydrogen (secondary N) is 1. The molecule has 1 N–H and O–H groups in total. The van der Waals surface area contributed by atoms with E-state index in [-0.39, 0.29) is 31.3 Å². The predicted octanol–water partition coefficient (Wildman–Crippen LogP) is 4.71. The van der Waals surface area contributed by atoms with Crippen LogP contribution in [0.2, 0.25) is 0 Å².